The quantitative estimate of drug-likeness (QED) is 0.686. The van der Waals surface area contributed by atoms with Crippen LogP contribution in [-0.2, 0) is 10.0 Å². The van der Waals surface area contributed by atoms with Crippen LogP contribution < -0.4 is 10.0 Å². The SMILES string of the molecule is CC(C)NS(=O)(=O)c1ccc(NC(=O)c2cc3cc(Cl)ccc3o2)cc1. The molecule has 0 unspecified atom stereocenters. The van der Waals surface area contributed by atoms with E-state index in [-0.39, 0.29) is 16.7 Å². The van der Waals surface area contributed by atoms with Gasteiger partial charge in [0.05, 0.1) is 4.90 Å². The van der Waals surface area contributed by atoms with Gasteiger partial charge in [0.2, 0.25) is 10.0 Å². The molecule has 0 fully saturated rings. The molecule has 0 aliphatic carbocycles. The summed E-state index contributed by atoms with van der Waals surface area (Å²) >= 11 is 5.92. The van der Waals surface area contributed by atoms with Crippen molar-refractivity contribution in [2.75, 3.05) is 5.32 Å². The topological polar surface area (TPSA) is 88.4 Å². The maximum Gasteiger partial charge on any atom is 0.291 e. The number of nitrogens with one attached hydrogen (secondary N) is 2. The lowest BCUT2D eigenvalue weighted by Crippen LogP contribution is -2.30. The van der Waals surface area contributed by atoms with Crippen molar-refractivity contribution < 1.29 is 17.6 Å². The summed E-state index contributed by atoms with van der Waals surface area (Å²) in [7, 11) is -3.57. The molecular formula is C18H17ClN2O4S. The van der Waals surface area contributed by atoms with E-state index in [2.05, 4.69) is 10.0 Å². The second-order valence-corrected chi connectivity index (χ2v) is 8.20. The molecule has 26 heavy (non-hydrogen) atoms. The van der Waals surface area contributed by atoms with Gasteiger partial charge in [0, 0.05) is 22.1 Å². The second-order valence-electron chi connectivity index (χ2n) is 6.05. The first-order valence-electron chi connectivity index (χ1n) is 7.87. The predicted molar refractivity (Wildman–Crippen MR) is 101 cm³/mol. The van der Waals surface area contributed by atoms with Gasteiger partial charge >= 0.3 is 0 Å². The maximum atomic E-state index is 12.3. The van der Waals surface area contributed by atoms with Crippen LogP contribution in [0.25, 0.3) is 11.0 Å². The van der Waals surface area contributed by atoms with Crippen LogP contribution in [-0.4, -0.2) is 20.4 Å². The Morgan fingerprint density at radius 3 is 2.42 bits per heavy atom. The fourth-order valence-electron chi connectivity index (χ4n) is 2.41. The first-order chi connectivity index (χ1) is 12.2. The monoisotopic (exact) mass is 392 g/mol. The standard InChI is InChI=1S/C18H17ClN2O4S/c1-11(2)21-26(23,24)15-6-4-14(5-7-15)20-18(22)17-10-12-9-13(19)3-8-16(12)25-17/h3-11,21H,1-2H3,(H,20,22). The molecule has 0 saturated carbocycles. The zero-order valence-electron chi connectivity index (χ0n) is 14.1. The van der Waals surface area contributed by atoms with Crippen LogP contribution >= 0.6 is 11.6 Å². The highest BCUT2D eigenvalue weighted by atomic mass is 35.5. The van der Waals surface area contributed by atoms with Crippen LogP contribution in [0.4, 0.5) is 5.69 Å². The zero-order chi connectivity index (χ0) is 18.9. The predicted octanol–water partition coefficient (Wildman–Crippen LogP) is 4.03. The van der Waals surface area contributed by atoms with E-state index >= 15 is 0 Å². The van der Waals surface area contributed by atoms with Crippen molar-refractivity contribution in [2.24, 2.45) is 0 Å². The minimum atomic E-state index is -3.57. The van der Waals surface area contributed by atoms with Gasteiger partial charge in [0.25, 0.3) is 5.91 Å². The van der Waals surface area contributed by atoms with Crippen LogP contribution in [0, 0.1) is 0 Å². The van der Waals surface area contributed by atoms with Crippen LogP contribution in [0.1, 0.15) is 24.4 Å². The normalized spacial score (nSPS) is 11.8. The molecule has 0 radical (unpaired) electrons. The number of sulfonamides is 1. The van der Waals surface area contributed by atoms with Gasteiger partial charge in [-0.2, -0.15) is 0 Å². The van der Waals surface area contributed by atoms with Crippen molar-refractivity contribution in [3.63, 3.8) is 0 Å². The minimum absolute atomic E-state index is 0.127. The van der Waals surface area contributed by atoms with E-state index in [9.17, 15) is 13.2 Å². The molecule has 2 N–H and O–H groups in total. The Hall–Kier alpha value is -2.35. The Morgan fingerprint density at radius 1 is 1.08 bits per heavy atom. The zero-order valence-corrected chi connectivity index (χ0v) is 15.7. The summed E-state index contributed by atoms with van der Waals surface area (Å²) < 4.78 is 32.2. The lowest BCUT2D eigenvalue weighted by Gasteiger charge is -2.10. The first kappa shape index (κ1) is 18.4. The van der Waals surface area contributed by atoms with Crippen LogP contribution in [0.3, 0.4) is 0 Å². The number of hydrogen-bond acceptors (Lipinski definition) is 4. The smallest absolute Gasteiger partial charge is 0.291 e. The number of rotatable bonds is 5. The van der Waals surface area contributed by atoms with Gasteiger partial charge in [-0.15, -0.1) is 0 Å². The Kier molecular flexibility index (Phi) is 5.04. The van der Waals surface area contributed by atoms with Crippen molar-refractivity contribution in [3.05, 3.63) is 59.3 Å². The molecular weight excluding hydrogens is 376 g/mol. The molecule has 0 bridgehead atoms. The molecule has 0 saturated heterocycles. The highest BCUT2D eigenvalue weighted by molar-refractivity contribution is 7.89. The van der Waals surface area contributed by atoms with E-state index in [1.807, 2.05) is 0 Å². The summed E-state index contributed by atoms with van der Waals surface area (Å²) in [6.45, 7) is 3.49. The number of halogens is 1. The number of anilines is 1. The number of amides is 1. The van der Waals surface area contributed by atoms with Crippen LogP contribution in [0.15, 0.2) is 57.8 Å². The molecule has 136 valence electrons. The highest BCUT2D eigenvalue weighted by Crippen LogP contribution is 2.24. The molecule has 0 atom stereocenters. The van der Waals surface area contributed by atoms with Crippen LogP contribution in [0.2, 0.25) is 5.02 Å². The van der Waals surface area contributed by atoms with Gasteiger partial charge in [-0.25, -0.2) is 13.1 Å². The number of benzene rings is 2. The summed E-state index contributed by atoms with van der Waals surface area (Å²) in [6.07, 6.45) is 0. The van der Waals surface area contributed by atoms with Gasteiger partial charge in [-0.1, -0.05) is 11.6 Å². The Balaban J connectivity index is 1.76. The van der Waals surface area contributed by atoms with E-state index in [1.54, 1.807) is 38.1 Å². The number of carbonyl (C=O) groups is 1. The lowest BCUT2D eigenvalue weighted by atomic mass is 10.2. The molecule has 0 spiro atoms. The third kappa shape index (κ3) is 4.07. The second kappa shape index (κ2) is 7.11. The van der Waals surface area contributed by atoms with Crippen molar-refractivity contribution in [1.82, 2.24) is 4.72 Å². The Labute approximate surface area is 156 Å². The van der Waals surface area contributed by atoms with Gasteiger partial charge in [0.15, 0.2) is 5.76 Å². The molecule has 3 rings (SSSR count). The highest BCUT2D eigenvalue weighted by Gasteiger charge is 2.16. The van der Waals surface area contributed by atoms with E-state index in [1.165, 1.54) is 24.3 Å². The third-order valence-corrected chi connectivity index (χ3v) is 5.43. The summed E-state index contributed by atoms with van der Waals surface area (Å²) in [4.78, 5) is 12.5. The third-order valence-electron chi connectivity index (χ3n) is 3.52. The fourth-order valence-corrected chi connectivity index (χ4v) is 3.85. The molecule has 1 amide bonds. The van der Waals surface area contributed by atoms with E-state index < -0.39 is 15.9 Å². The molecule has 3 aromatic rings. The minimum Gasteiger partial charge on any atom is -0.451 e. The number of fused-ring (bicyclic) bond motifs is 1. The number of carbonyl (C=O) groups excluding carboxylic acids is 1. The lowest BCUT2D eigenvalue weighted by molar-refractivity contribution is 0.0998. The first-order valence-corrected chi connectivity index (χ1v) is 9.73. The van der Waals surface area contributed by atoms with Crippen molar-refractivity contribution in [2.45, 2.75) is 24.8 Å². The number of hydrogen-bond donors (Lipinski definition) is 2. The van der Waals surface area contributed by atoms with Gasteiger partial charge in [0.1, 0.15) is 5.58 Å². The summed E-state index contributed by atoms with van der Waals surface area (Å²) in [5.41, 5.74) is 1.01. The largest absolute Gasteiger partial charge is 0.451 e. The molecule has 8 heteroatoms. The van der Waals surface area contributed by atoms with Gasteiger partial charge in [-0.3, -0.25) is 4.79 Å². The summed E-state index contributed by atoms with van der Waals surface area (Å²) in [6, 6.07) is 12.4. The summed E-state index contributed by atoms with van der Waals surface area (Å²) in [5, 5.41) is 3.95. The maximum absolute atomic E-state index is 12.3. The molecule has 1 heterocycles. The van der Waals surface area contributed by atoms with Crippen molar-refractivity contribution >= 4 is 44.2 Å². The van der Waals surface area contributed by atoms with Crippen molar-refractivity contribution in [3.8, 4) is 0 Å². The summed E-state index contributed by atoms with van der Waals surface area (Å²) in [5.74, 6) is -0.298. The molecule has 6 nitrogen and oxygen atoms in total. The number of furan rings is 1. The molecule has 0 aliphatic heterocycles. The Bertz CT molecular complexity index is 1060. The average molecular weight is 393 g/mol. The molecule has 1 aromatic heterocycles. The van der Waals surface area contributed by atoms with E-state index in [0.29, 0.717) is 16.3 Å². The molecule has 2 aromatic carbocycles. The Morgan fingerprint density at radius 2 is 1.77 bits per heavy atom. The van der Waals surface area contributed by atoms with Gasteiger partial charge < -0.3 is 9.73 Å². The van der Waals surface area contributed by atoms with Gasteiger partial charge in [-0.05, 0) is 62.4 Å². The van der Waals surface area contributed by atoms with Crippen molar-refractivity contribution in [1.29, 1.82) is 0 Å². The van der Waals surface area contributed by atoms with E-state index in [0.717, 1.165) is 5.39 Å². The average Bonchev–Trinajstić information content (AvgIpc) is 2.97. The van der Waals surface area contributed by atoms with E-state index in [4.69, 9.17) is 16.0 Å². The fraction of sp³-hybridized carbons (Fsp3) is 0.167. The van der Waals surface area contributed by atoms with Crippen LogP contribution in [0.5, 0.6) is 0 Å². The molecule has 0 aliphatic rings.